The minimum absolute atomic E-state index is 0.203. The lowest BCUT2D eigenvalue weighted by molar-refractivity contribution is 0.172. The van der Waals surface area contributed by atoms with Crippen LogP contribution >= 0.6 is 15.9 Å². The molecule has 0 spiro atoms. The van der Waals surface area contributed by atoms with E-state index in [-0.39, 0.29) is 12.1 Å². The van der Waals surface area contributed by atoms with Crippen molar-refractivity contribution in [3.05, 3.63) is 40.9 Å². The normalized spacial score (nSPS) is 23.4. The predicted octanol–water partition coefficient (Wildman–Crippen LogP) is 3.93. The molecular formula is C15H16BrNO. The Kier molecular flexibility index (Phi) is 3.27. The number of aliphatic hydroxyl groups excluding tert-OH is 1. The molecule has 0 bridgehead atoms. The molecule has 0 radical (unpaired) electrons. The van der Waals surface area contributed by atoms with Crippen LogP contribution in [0.1, 0.15) is 19.3 Å². The second-order valence-corrected chi connectivity index (χ2v) is 5.87. The van der Waals surface area contributed by atoms with E-state index in [2.05, 4.69) is 57.6 Å². The zero-order chi connectivity index (χ0) is 12.5. The second-order valence-electron chi connectivity index (χ2n) is 4.96. The predicted molar refractivity (Wildman–Crippen MR) is 78.9 cm³/mol. The second kappa shape index (κ2) is 4.90. The first kappa shape index (κ1) is 12.0. The first-order valence-corrected chi connectivity index (χ1v) is 7.15. The summed E-state index contributed by atoms with van der Waals surface area (Å²) >= 11 is 3.48. The number of hydrogen-bond acceptors (Lipinski definition) is 2. The number of anilines is 1. The third-order valence-corrected chi connectivity index (χ3v) is 4.13. The van der Waals surface area contributed by atoms with E-state index in [1.807, 2.05) is 0 Å². The SMILES string of the molecule is O[C@H]1CCC[C@@H]1Nc1ccc2cc(Br)ccc2c1. The molecule has 2 N–H and O–H groups in total. The van der Waals surface area contributed by atoms with E-state index >= 15 is 0 Å². The molecule has 3 heteroatoms. The Morgan fingerprint density at radius 2 is 1.83 bits per heavy atom. The van der Waals surface area contributed by atoms with Gasteiger partial charge in [-0.25, -0.2) is 0 Å². The smallest absolute Gasteiger partial charge is 0.0741 e. The summed E-state index contributed by atoms with van der Waals surface area (Å²) in [4.78, 5) is 0. The lowest BCUT2D eigenvalue weighted by atomic mass is 10.1. The largest absolute Gasteiger partial charge is 0.391 e. The molecule has 0 heterocycles. The number of halogens is 1. The minimum Gasteiger partial charge on any atom is -0.391 e. The molecular weight excluding hydrogens is 290 g/mol. The lowest BCUT2D eigenvalue weighted by Crippen LogP contribution is -2.27. The molecule has 0 aliphatic heterocycles. The number of aliphatic hydroxyl groups is 1. The molecule has 1 aliphatic carbocycles. The number of fused-ring (bicyclic) bond motifs is 1. The molecule has 0 unspecified atom stereocenters. The highest BCUT2D eigenvalue weighted by Crippen LogP contribution is 2.26. The van der Waals surface area contributed by atoms with Gasteiger partial charge in [0.25, 0.3) is 0 Å². The summed E-state index contributed by atoms with van der Waals surface area (Å²) in [6, 6.07) is 12.8. The Balaban J connectivity index is 1.86. The van der Waals surface area contributed by atoms with Crippen LogP contribution in [0, 0.1) is 0 Å². The van der Waals surface area contributed by atoms with Crippen molar-refractivity contribution in [3.63, 3.8) is 0 Å². The van der Waals surface area contributed by atoms with Gasteiger partial charge in [0.05, 0.1) is 12.1 Å². The van der Waals surface area contributed by atoms with E-state index in [9.17, 15) is 5.11 Å². The number of nitrogens with one attached hydrogen (secondary N) is 1. The fourth-order valence-electron chi connectivity index (χ4n) is 2.63. The molecule has 0 amide bonds. The van der Waals surface area contributed by atoms with E-state index in [1.165, 1.54) is 10.8 Å². The van der Waals surface area contributed by atoms with Gasteiger partial charge in [-0.3, -0.25) is 0 Å². The van der Waals surface area contributed by atoms with Crippen molar-refractivity contribution in [2.45, 2.75) is 31.4 Å². The number of rotatable bonds is 2. The van der Waals surface area contributed by atoms with Gasteiger partial charge in [-0.15, -0.1) is 0 Å². The first-order valence-electron chi connectivity index (χ1n) is 6.36. The molecule has 1 aliphatic rings. The van der Waals surface area contributed by atoms with Crippen molar-refractivity contribution < 1.29 is 5.11 Å². The van der Waals surface area contributed by atoms with Gasteiger partial charge in [0.1, 0.15) is 0 Å². The molecule has 18 heavy (non-hydrogen) atoms. The van der Waals surface area contributed by atoms with E-state index in [4.69, 9.17) is 0 Å². The fourth-order valence-corrected chi connectivity index (χ4v) is 3.01. The van der Waals surface area contributed by atoms with Gasteiger partial charge in [0.15, 0.2) is 0 Å². The maximum Gasteiger partial charge on any atom is 0.0741 e. The van der Waals surface area contributed by atoms with Crippen LogP contribution in [0.2, 0.25) is 0 Å². The molecule has 0 saturated heterocycles. The van der Waals surface area contributed by atoms with Crippen LogP contribution in [0.5, 0.6) is 0 Å². The monoisotopic (exact) mass is 305 g/mol. The highest BCUT2D eigenvalue weighted by molar-refractivity contribution is 9.10. The van der Waals surface area contributed by atoms with Gasteiger partial charge in [-0.1, -0.05) is 28.1 Å². The van der Waals surface area contributed by atoms with Crippen LogP contribution in [-0.2, 0) is 0 Å². The van der Waals surface area contributed by atoms with Crippen molar-refractivity contribution in [1.29, 1.82) is 0 Å². The zero-order valence-electron chi connectivity index (χ0n) is 10.1. The van der Waals surface area contributed by atoms with Gasteiger partial charge in [0, 0.05) is 10.2 Å². The summed E-state index contributed by atoms with van der Waals surface area (Å²) in [6.07, 6.45) is 2.88. The van der Waals surface area contributed by atoms with Crippen LogP contribution in [0.25, 0.3) is 10.8 Å². The molecule has 1 saturated carbocycles. The minimum atomic E-state index is -0.203. The van der Waals surface area contributed by atoms with E-state index in [0.717, 1.165) is 29.4 Å². The Morgan fingerprint density at radius 3 is 2.61 bits per heavy atom. The van der Waals surface area contributed by atoms with Crippen LogP contribution in [0.3, 0.4) is 0 Å². The average molecular weight is 306 g/mol. The van der Waals surface area contributed by atoms with Gasteiger partial charge in [-0.05, 0) is 54.3 Å². The Labute approximate surface area is 115 Å². The molecule has 3 rings (SSSR count). The summed E-state index contributed by atoms with van der Waals surface area (Å²) in [5.74, 6) is 0. The van der Waals surface area contributed by atoms with E-state index < -0.39 is 0 Å². The Hall–Kier alpha value is -1.06. The van der Waals surface area contributed by atoms with Crippen molar-refractivity contribution in [2.75, 3.05) is 5.32 Å². The molecule has 2 atom stereocenters. The lowest BCUT2D eigenvalue weighted by Gasteiger charge is -2.18. The Bertz CT molecular complexity index is 569. The summed E-state index contributed by atoms with van der Waals surface area (Å²) in [5.41, 5.74) is 1.09. The summed E-state index contributed by atoms with van der Waals surface area (Å²) < 4.78 is 1.10. The molecule has 0 aromatic heterocycles. The zero-order valence-corrected chi connectivity index (χ0v) is 11.7. The molecule has 2 aromatic rings. The highest BCUT2D eigenvalue weighted by atomic mass is 79.9. The summed E-state index contributed by atoms with van der Waals surface area (Å²) in [5, 5.41) is 15.7. The van der Waals surface area contributed by atoms with Gasteiger partial charge in [-0.2, -0.15) is 0 Å². The van der Waals surface area contributed by atoms with Crippen LogP contribution in [0.15, 0.2) is 40.9 Å². The van der Waals surface area contributed by atoms with Crippen LogP contribution < -0.4 is 5.32 Å². The Morgan fingerprint density at radius 1 is 1.06 bits per heavy atom. The molecule has 94 valence electrons. The van der Waals surface area contributed by atoms with Gasteiger partial charge >= 0.3 is 0 Å². The average Bonchev–Trinajstić information content (AvgIpc) is 2.75. The maximum atomic E-state index is 9.83. The highest BCUT2D eigenvalue weighted by Gasteiger charge is 2.24. The molecule has 2 aromatic carbocycles. The fraction of sp³-hybridized carbons (Fsp3) is 0.333. The number of benzene rings is 2. The topological polar surface area (TPSA) is 32.3 Å². The quantitative estimate of drug-likeness (QED) is 0.881. The van der Waals surface area contributed by atoms with Crippen LogP contribution in [-0.4, -0.2) is 17.3 Å². The van der Waals surface area contributed by atoms with Gasteiger partial charge in [0.2, 0.25) is 0 Å². The number of hydrogen-bond donors (Lipinski definition) is 2. The molecule has 1 fully saturated rings. The third kappa shape index (κ3) is 2.38. The van der Waals surface area contributed by atoms with E-state index in [0.29, 0.717) is 0 Å². The summed E-state index contributed by atoms with van der Waals surface area (Å²) in [7, 11) is 0. The van der Waals surface area contributed by atoms with Crippen LogP contribution in [0.4, 0.5) is 5.69 Å². The molecule has 2 nitrogen and oxygen atoms in total. The van der Waals surface area contributed by atoms with Gasteiger partial charge < -0.3 is 10.4 Å². The van der Waals surface area contributed by atoms with Crippen molar-refractivity contribution >= 4 is 32.4 Å². The van der Waals surface area contributed by atoms with E-state index in [1.54, 1.807) is 0 Å². The first-order chi connectivity index (χ1) is 8.72. The summed E-state index contributed by atoms with van der Waals surface area (Å²) in [6.45, 7) is 0. The van der Waals surface area contributed by atoms with Crippen molar-refractivity contribution in [2.24, 2.45) is 0 Å². The van der Waals surface area contributed by atoms with Crippen molar-refractivity contribution in [1.82, 2.24) is 0 Å². The maximum absolute atomic E-state index is 9.83. The standard InChI is InChI=1S/C15H16BrNO/c16-12-6-4-11-9-13(7-5-10(11)8-12)17-14-2-1-3-15(14)18/h4-9,14-15,17-18H,1-3H2/t14-,15-/m0/s1. The third-order valence-electron chi connectivity index (χ3n) is 3.63. The van der Waals surface area contributed by atoms with Crippen molar-refractivity contribution in [3.8, 4) is 0 Å².